The first-order chi connectivity index (χ1) is 8.90. The summed E-state index contributed by atoms with van der Waals surface area (Å²) in [5.74, 6) is 0. The molecule has 0 aliphatic rings. The van der Waals surface area contributed by atoms with Crippen LogP contribution in [0.2, 0.25) is 15.1 Å². The molecule has 3 nitrogen and oxygen atoms in total. The minimum Gasteiger partial charge on any atom is -0.280 e. The van der Waals surface area contributed by atoms with E-state index >= 15 is 0 Å². The van der Waals surface area contributed by atoms with Crippen molar-refractivity contribution in [1.82, 2.24) is 0 Å². The van der Waals surface area contributed by atoms with Crippen LogP contribution in [0, 0.1) is 0 Å². The lowest BCUT2D eigenvalue weighted by Crippen LogP contribution is -2.13. The average molecular weight is 337 g/mol. The Labute approximate surface area is 126 Å². The molecule has 0 atom stereocenters. The molecule has 2 rings (SSSR count). The molecule has 0 aliphatic carbocycles. The molecule has 0 heterocycles. The van der Waals surface area contributed by atoms with Crippen molar-refractivity contribution in [2.45, 2.75) is 4.90 Å². The van der Waals surface area contributed by atoms with Gasteiger partial charge in [-0.2, -0.15) is 0 Å². The van der Waals surface area contributed by atoms with E-state index in [-0.39, 0.29) is 14.9 Å². The van der Waals surface area contributed by atoms with E-state index < -0.39 is 10.0 Å². The average Bonchev–Trinajstić information content (AvgIpc) is 2.32. The summed E-state index contributed by atoms with van der Waals surface area (Å²) >= 11 is 17.5. The van der Waals surface area contributed by atoms with Crippen LogP contribution in [0.5, 0.6) is 0 Å². The first-order valence-corrected chi connectivity index (χ1v) is 7.74. The smallest absolute Gasteiger partial charge is 0.263 e. The van der Waals surface area contributed by atoms with Gasteiger partial charge in [-0.25, -0.2) is 8.42 Å². The predicted octanol–water partition coefficient (Wildman–Crippen LogP) is 4.45. The van der Waals surface area contributed by atoms with Crippen LogP contribution in [0.3, 0.4) is 0 Å². The molecule has 0 bridgehead atoms. The fraction of sp³-hybridized carbons (Fsp3) is 0. The first kappa shape index (κ1) is 14.5. The summed E-state index contributed by atoms with van der Waals surface area (Å²) in [5, 5.41) is 0.590. The molecule has 2 aromatic carbocycles. The number of nitrogens with one attached hydrogen (secondary N) is 1. The van der Waals surface area contributed by atoms with E-state index in [0.717, 1.165) is 0 Å². The Morgan fingerprint density at radius 1 is 0.947 bits per heavy atom. The lowest BCUT2D eigenvalue weighted by molar-refractivity contribution is 0.601. The summed E-state index contributed by atoms with van der Waals surface area (Å²) in [7, 11) is -3.81. The summed E-state index contributed by atoms with van der Waals surface area (Å²) in [6.45, 7) is 0. The van der Waals surface area contributed by atoms with Crippen LogP contribution in [0.4, 0.5) is 5.69 Å². The third-order valence-corrected chi connectivity index (χ3v) is 4.87. The quantitative estimate of drug-likeness (QED) is 0.900. The summed E-state index contributed by atoms with van der Waals surface area (Å²) in [5.41, 5.74) is 0.351. The maximum Gasteiger partial charge on any atom is 0.263 e. The van der Waals surface area contributed by atoms with Crippen molar-refractivity contribution in [2.75, 3.05) is 4.72 Å². The normalized spacial score (nSPS) is 11.3. The molecule has 100 valence electrons. The van der Waals surface area contributed by atoms with E-state index in [0.29, 0.717) is 10.7 Å². The minimum atomic E-state index is -3.81. The van der Waals surface area contributed by atoms with Crippen molar-refractivity contribution in [3.8, 4) is 0 Å². The van der Waals surface area contributed by atoms with Crippen molar-refractivity contribution in [3.05, 3.63) is 57.5 Å². The van der Waals surface area contributed by atoms with Gasteiger partial charge in [0.25, 0.3) is 10.0 Å². The van der Waals surface area contributed by atoms with Gasteiger partial charge in [0.05, 0.1) is 15.7 Å². The molecule has 2 aromatic rings. The molecular formula is C12H8Cl3NO2S. The number of rotatable bonds is 3. The Balaban J connectivity index is 2.41. The van der Waals surface area contributed by atoms with Crippen LogP contribution in [0.1, 0.15) is 0 Å². The van der Waals surface area contributed by atoms with Gasteiger partial charge in [-0.3, -0.25) is 4.72 Å². The van der Waals surface area contributed by atoms with Gasteiger partial charge in [-0.1, -0.05) is 46.9 Å². The van der Waals surface area contributed by atoms with Crippen molar-refractivity contribution in [2.24, 2.45) is 0 Å². The second kappa shape index (κ2) is 5.59. The molecule has 0 aliphatic heterocycles. The van der Waals surface area contributed by atoms with Crippen LogP contribution in [-0.2, 0) is 10.0 Å². The Morgan fingerprint density at radius 2 is 1.63 bits per heavy atom. The van der Waals surface area contributed by atoms with E-state index in [1.54, 1.807) is 18.2 Å². The zero-order valence-corrected chi connectivity index (χ0v) is 12.5. The monoisotopic (exact) mass is 335 g/mol. The van der Waals surface area contributed by atoms with Crippen LogP contribution >= 0.6 is 34.8 Å². The maximum absolute atomic E-state index is 12.2. The third-order valence-electron chi connectivity index (χ3n) is 2.28. The van der Waals surface area contributed by atoms with Crippen molar-refractivity contribution >= 4 is 50.5 Å². The zero-order valence-electron chi connectivity index (χ0n) is 9.40. The Bertz CT molecular complexity index is 717. The molecule has 0 aromatic heterocycles. The Morgan fingerprint density at radius 3 is 2.32 bits per heavy atom. The van der Waals surface area contributed by atoms with Crippen molar-refractivity contribution < 1.29 is 8.42 Å². The standard InChI is InChI=1S/C12H8Cl3NO2S/c13-8-3-1-4-9(7-8)16-19(17,18)11-6-2-5-10(14)12(11)15/h1-7,16H. The SMILES string of the molecule is O=S(=O)(Nc1cccc(Cl)c1)c1cccc(Cl)c1Cl. The van der Waals surface area contributed by atoms with Gasteiger partial charge in [0, 0.05) is 5.02 Å². The van der Waals surface area contributed by atoms with Crippen LogP contribution in [0.15, 0.2) is 47.4 Å². The third kappa shape index (κ3) is 3.34. The molecule has 0 spiro atoms. The van der Waals surface area contributed by atoms with Gasteiger partial charge in [0.15, 0.2) is 0 Å². The van der Waals surface area contributed by atoms with Gasteiger partial charge < -0.3 is 0 Å². The topological polar surface area (TPSA) is 46.2 Å². The summed E-state index contributed by atoms with van der Waals surface area (Å²) in [6.07, 6.45) is 0. The molecule has 0 unspecified atom stereocenters. The van der Waals surface area contributed by atoms with Gasteiger partial charge in [0.2, 0.25) is 0 Å². The highest BCUT2D eigenvalue weighted by Gasteiger charge is 2.19. The molecule has 7 heteroatoms. The predicted molar refractivity (Wildman–Crippen MR) is 78.7 cm³/mol. The summed E-state index contributed by atoms with van der Waals surface area (Å²) < 4.78 is 26.8. The fourth-order valence-corrected chi connectivity index (χ4v) is 3.46. The Kier molecular flexibility index (Phi) is 4.26. The molecule has 0 amide bonds. The summed E-state index contributed by atoms with van der Waals surface area (Å²) in [6, 6.07) is 10.8. The lowest BCUT2D eigenvalue weighted by atomic mass is 10.3. The van der Waals surface area contributed by atoms with Crippen LogP contribution < -0.4 is 4.72 Å². The maximum atomic E-state index is 12.2. The largest absolute Gasteiger partial charge is 0.280 e. The number of hydrogen-bond donors (Lipinski definition) is 1. The number of halogens is 3. The van der Waals surface area contributed by atoms with Crippen LogP contribution in [0.25, 0.3) is 0 Å². The minimum absolute atomic E-state index is 0.0151. The van der Waals surface area contributed by atoms with E-state index in [1.807, 2.05) is 0 Å². The summed E-state index contributed by atoms with van der Waals surface area (Å²) in [4.78, 5) is -0.0818. The molecule has 0 saturated heterocycles. The molecule has 19 heavy (non-hydrogen) atoms. The first-order valence-electron chi connectivity index (χ1n) is 5.12. The number of benzene rings is 2. The molecule has 0 saturated carbocycles. The Hall–Kier alpha value is -0.940. The second-order valence-electron chi connectivity index (χ2n) is 3.67. The van der Waals surface area contributed by atoms with E-state index in [2.05, 4.69) is 4.72 Å². The highest BCUT2D eigenvalue weighted by molar-refractivity contribution is 7.92. The van der Waals surface area contributed by atoms with E-state index in [9.17, 15) is 8.42 Å². The molecule has 0 radical (unpaired) electrons. The fourth-order valence-electron chi connectivity index (χ4n) is 1.45. The van der Waals surface area contributed by atoms with E-state index in [1.165, 1.54) is 24.3 Å². The van der Waals surface area contributed by atoms with Gasteiger partial charge in [-0.05, 0) is 30.3 Å². The number of hydrogen-bond acceptors (Lipinski definition) is 2. The van der Waals surface area contributed by atoms with Crippen molar-refractivity contribution in [1.29, 1.82) is 0 Å². The second-order valence-corrected chi connectivity index (χ2v) is 6.54. The van der Waals surface area contributed by atoms with Gasteiger partial charge >= 0.3 is 0 Å². The highest BCUT2D eigenvalue weighted by Crippen LogP contribution is 2.30. The molecular weight excluding hydrogens is 329 g/mol. The molecule has 1 N–H and O–H groups in total. The van der Waals surface area contributed by atoms with E-state index in [4.69, 9.17) is 34.8 Å². The molecule has 0 fully saturated rings. The number of anilines is 1. The van der Waals surface area contributed by atoms with Gasteiger partial charge in [-0.15, -0.1) is 0 Å². The zero-order chi connectivity index (χ0) is 14.0. The van der Waals surface area contributed by atoms with Crippen LogP contribution in [-0.4, -0.2) is 8.42 Å². The van der Waals surface area contributed by atoms with Gasteiger partial charge in [0.1, 0.15) is 4.90 Å². The lowest BCUT2D eigenvalue weighted by Gasteiger charge is -2.10. The van der Waals surface area contributed by atoms with Crippen molar-refractivity contribution in [3.63, 3.8) is 0 Å². The highest BCUT2D eigenvalue weighted by atomic mass is 35.5. The number of sulfonamides is 1.